The van der Waals surface area contributed by atoms with Crippen LogP contribution in [0.5, 0.6) is 5.75 Å². The molecule has 6 nitrogen and oxygen atoms in total. The molecule has 3 rings (SSSR count). The summed E-state index contributed by atoms with van der Waals surface area (Å²) < 4.78 is 31.3. The minimum Gasteiger partial charge on any atom is -0.496 e. The molecular weight excluding hydrogens is 318 g/mol. The molecule has 2 aromatic carbocycles. The second-order valence-electron chi connectivity index (χ2n) is 4.92. The molecule has 0 saturated carbocycles. The number of methoxy groups -OCH3 is 1. The molecule has 0 amide bonds. The summed E-state index contributed by atoms with van der Waals surface area (Å²) in [6, 6.07) is 9.25. The summed E-state index contributed by atoms with van der Waals surface area (Å²) in [5, 5.41) is 11.7. The van der Waals surface area contributed by atoms with Crippen molar-refractivity contribution >= 4 is 5.78 Å². The molecule has 0 spiro atoms. The van der Waals surface area contributed by atoms with E-state index in [-0.39, 0.29) is 29.5 Å². The highest BCUT2D eigenvalue weighted by Gasteiger charge is 2.16. The molecule has 24 heavy (non-hydrogen) atoms. The maximum absolute atomic E-state index is 13.4. The molecule has 0 atom stereocenters. The second kappa shape index (κ2) is 6.53. The molecule has 0 aliphatic heterocycles. The van der Waals surface area contributed by atoms with E-state index >= 15 is 0 Å². The summed E-state index contributed by atoms with van der Waals surface area (Å²) >= 11 is 0. The maximum Gasteiger partial charge on any atom is 0.204 e. The van der Waals surface area contributed by atoms with Crippen LogP contribution >= 0.6 is 0 Å². The quantitative estimate of drug-likeness (QED) is 0.672. The molecule has 0 radical (unpaired) electrons. The summed E-state index contributed by atoms with van der Waals surface area (Å²) in [5.41, 5.74) is 0.663. The van der Waals surface area contributed by atoms with Gasteiger partial charge in [-0.2, -0.15) is 4.80 Å². The Balaban J connectivity index is 1.81. The fraction of sp³-hybridized carbons (Fsp3) is 0.125. The van der Waals surface area contributed by atoms with Crippen LogP contribution in [0.1, 0.15) is 10.4 Å². The molecule has 8 heteroatoms. The molecule has 0 aliphatic carbocycles. The largest absolute Gasteiger partial charge is 0.496 e. The number of benzene rings is 2. The first-order valence-electron chi connectivity index (χ1n) is 6.97. The fourth-order valence-electron chi connectivity index (χ4n) is 2.14. The van der Waals surface area contributed by atoms with Crippen molar-refractivity contribution in [2.75, 3.05) is 7.11 Å². The van der Waals surface area contributed by atoms with Gasteiger partial charge in [0.15, 0.2) is 5.78 Å². The van der Waals surface area contributed by atoms with Gasteiger partial charge >= 0.3 is 0 Å². The first-order chi connectivity index (χ1) is 11.6. The van der Waals surface area contributed by atoms with Gasteiger partial charge in [0.25, 0.3) is 0 Å². The predicted molar refractivity (Wildman–Crippen MR) is 80.5 cm³/mol. The number of Topliss-reactive ketones (excluding diaryl/α,β-unsaturated/α-hetero) is 1. The third kappa shape index (κ3) is 3.27. The van der Waals surface area contributed by atoms with Crippen LogP contribution in [0.25, 0.3) is 11.4 Å². The van der Waals surface area contributed by atoms with Gasteiger partial charge in [0.1, 0.15) is 23.9 Å². The van der Waals surface area contributed by atoms with Crippen LogP contribution < -0.4 is 4.74 Å². The lowest BCUT2D eigenvalue weighted by molar-refractivity contribution is 0.0958. The smallest absolute Gasteiger partial charge is 0.204 e. The van der Waals surface area contributed by atoms with E-state index in [1.165, 1.54) is 43.5 Å². The monoisotopic (exact) mass is 330 g/mol. The highest BCUT2D eigenvalue weighted by molar-refractivity contribution is 5.98. The second-order valence-corrected chi connectivity index (χ2v) is 4.92. The Hall–Kier alpha value is -3.16. The summed E-state index contributed by atoms with van der Waals surface area (Å²) in [7, 11) is 1.39. The number of ketones is 1. The van der Waals surface area contributed by atoms with Gasteiger partial charge in [0, 0.05) is 5.56 Å². The van der Waals surface area contributed by atoms with Crippen molar-refractivity contribution in [3.05, 3.63) is 59.7 Å². The topological polar surface area (TPSA) is 69.9 Å². The Bertz CT molecular complexity index is 878. The van der Waals surface area contributed by atoms with Crippen molar-refractivity contribution < 1.29 is 18.3 Å². The molecule has 1 aromatic heterocycles. The van der Waals surface area contributed by atoms with Crippen molar-refractivity contribution in [1.82, 2.24) is 20.2 Å². The third-order valence-corrected chi connectivity index (χ3v) is 3.30. The number of aromatic nitrogens is 4. The van der Waals surface area contributed by atoms with Gasteiger partial charge in [-0.25, -0.2) is 8.78 Å². The molecular formula is C16H12F2N4O2. The highest BCUT2D eigenvalue weighted by Crippen LogP contribution is 2.20. The zero-order valence-corrected chi connectivity index (χ0v) is 12.6. The van der Waals surface area contributed by atoms with Crippen molar-refractivity contribution in [1.29, 1.82) is 0 Å². The Morgan fingerprint density at radius 3 is 2.54 bits per heavy atom. The molecule has 0 unspecified atom stereocenters. The summed E-state index contributed by atoms with van der Waals surface area (Å²) in [6.45, 7) is -0.228. The van der Waals surface area contributed by atoms with Crippen LogP contribution in [-0.2, 0) is 6.54 Å². The predicted octanol–water partition coefficient (Wildman–Crippen LogP) is 2.51. The minimum absolute atomic E-state index is 0.0955. The van der Waals surface area contributed by atoms with Crippen LogP contribution in [0.2, 0.25) is 0 Å². The van der Waals surface area contributed by atoms with E-state index in [2.05, 4.69) is 15.4 Å². The first kappa shape index (κ1) is 15.7. The van der Waals surface area contributed by atoms with Crippen molar-refractivity contribution in [3.8, 4) is 17.1 Å². The van der Waals surface area contributed by atoms with E-state index in [1.54, 1.807) is 0 Å². The van der Waals surface area contributed by atoms with E-state index in [1.807, 2.05) is 0 Å². The number of hydrogen-bond donors (Lipinski definition) is 0. The van der Waals surface area contributed by atoms with E-state index in [0.29, 0.717) is 5.56 Å². The first-order valence-corrected chi connectivity index (χ1v) is 6.97. The Labute approximate surface area is 135 Å². The molecule has 0 fully saturated rings. The number of tetrazole rings is 1. The van der Waals surface area contributed by atoms with E-state index in [9.17, 15) is 13.6 Å². The molecule has 0 aliphatic rings. The zero-order valence-electron chi connectivity index (χ0n) is 12.6. The van der Waals surface area contributed by atoms with Crippen molar-refractivity contribution in [2.24, 2.45) is 0 Å². The SMILES string of the molecule is COc1ccc(F)cc1C(=O)Cn1nnc(-c2ccc(F)cc2)n1. The molecule has 122 valence electrons. The number of carbonyl (C=O) groups excluding carboxylic acids is 1. The normalized spacial score (nSPS) is 10.6. The molecule has 0 bridgehead atoms. The maximum atomic E-state index is 13.4. The van der Waals surface area contributed by atoms with E-state index in [0.717, 1.165) is 10.9 Å². The van der Waals surface area contributed by atoms with E-state index in [4.69, 9.17) is 4.74 Å². The molecule has 3 aromatic rings. The number of hydrogen-bond acceptors (Lipinski definition) is 5. The van der Waals surface area contributed by atoms with Gasteiger partial charge in [-0.1, -0.05) is 0 Å². The van der Waals surface area contributed by atoms with Crippen LogP contribution in [0.15, 0.2) is 42.5 Å². The fourth-order valence-corrected chi connectivity index (χ4v) is 2.14. The van der Waals surface area contributed by atoms with Crippen LogP contribution in [0.4, 0.5) is 8.78 Å². The van der Waals surface area contributed by atoms with Crippen molar-refractivity contribution in [2.45, 2.75) is 6.54 Å². The van der Waals surface area contributed by atoms with Gasteiger partial charge in [-0.15, -0.1) is 10.2 Å². The van der Waals surface area contributed by atoms with Crippen LogP contribution in [-0.4, -0.2) is 33.1 Å². The average Bonchev–Trinajstić information content (AvgIpc) is 3.04. The van der Waals surface area contributed by atoms with Gasteiger partial charge in [-0.3, -0.25) is 4.79 Å². The Morgan fingerprint density at radius 1 is 1.12 bits per heavy atom. The van der Waals surface area contributed by atoms with E-state index < -0.39 is 11.6 Å². The lowest BCUT2D eigenvalue weighted by atomic mass is 10.1. The summed E-state index contributed by atoms with van der Waals surface area (Å²) in [4.78, 5) is 13.4. The molecule has 1 heterocycles. The number of rotatable bonds is 5. The standard InChI is InChI=1S/C16H12F2N4O2/c1-24-15-7-6-12(18)8-13(15)14(23)9-22-20-16(19-21-22)10-2-4-11(17)5-3-10/h2-8H,9H2,1H3. The number of nitrogens with zero attached hydrogens (tertiary/aromatic N) is 4. The average molecular weight is 330 g/mol. The minimum atomic E-state index is -0.544. The van der Waals surface area contributed by atoms with Gasteiger partial charge in [0.05, 0.1) is 12.7 Å². The lowest BCUT2D eigenvalue weighted by Crippen LogP contribution is -2.14. The summed E-state index contributed by atoms with van der Waals surface area (Å²) in [5.74, 6) is -0.819. The highest BCUT2D eigenvalue weighted by atomic mass is 19.1. The zero-order chi connectivity index (χ0) is 17.1. The number of halogens is 2. The lowest BCUT2D eigenvalue weighted by Gasteiger charge is -2.06. The molecule has 0 N–H and O–H groups in total. The van der Waals surface area contributed by atoms with Gasteiger partial charge < -0.3 is 4.74 Å². The van der Waals surface area contributed by atoms with Crippen LogP contribution in [0, 0.1) is 11.6 Å². The summed E-state index contributed by atoms with van der Waals surface area (Å²) in [6.07, 6.45) is 0. The van der Waals surface area contributed by atoms with Gasteiger partial charge in [-0.05, 0) is 47.7 Å². The Morgan fingerprint density at radius 2 is 1.83 bits per heavy atom. The van der Waals surface area contributed by atoms with Crippen molar-refractivity contribution in [3.63, 3.8) is 0 Å². The van der Waals surface area contributed by atoms with Gasteiger partial charge in [0.2, 0.25) is 5.82 Å². The van der Waals surface area contributed by atoms with Crippen LogP contribution in [0.3, 0.4) is 0 Å². The Kier molecular flexibility index (Phi) is 4.28. The number of ether oxygens (including phenoxy) is 1. The third-order valence-electron chi connectivity index (χ3n) is 3.30. The number of carbonyl (C=O) groups is 1. The molecule has 0 saturated heterocycles.